The van der Waals surface area contributed by atoms with E-state index in [0.29, 0.717) is 10.7 Å². The van der Waals surface area contributed by atoms with Gasteiger partial charge in [0.15, 0.2) is 0 Å². The molecule has 0 atom stereocenters. The predicted octanol–water partition coefficient (Wildman–Crippen LogP) is 4.10. The lowest BCUT2D eigenvalue weighted by Gasteiger charge is -1.98. The average molecular weight is 313 g/mol. The highest BCUT2D eigenvalue weighted by molar-refractivity contribution is 7.14. The number of halogens is 1. The number of phenolic OH excluding ortho intramolecular Hbond substituents is 1. The SMILES string of the molecule is Oc1ccc(F)cc1C=NNc1nc(-c2ccccc2)cs1. The molecule has 3 rings (SSSR count). The van der Waals surface area contributed by atoms with E-state index in [0.717, 1.165) is 11.3 Å². The van der Waals surface area contributed by atoms with Crippen LogP contribution in [0.3, 0.4) is 0 Å². The number of anilines is 1. The van der Waals surface area contributed by atoms with Gasteiger partial charge in [0.2, 0.25) is 5.13 Å². The first-order chi connectivity index (χ1) is 10.7. The molecule has 0 aliphatic carbocycles. The van der Waals surface area contributed by atoms with Gasteiger partial charge in [-0.1, -0.05) is 30.3 Å². The van der Waals surface area contributed by atoms with Crippen LogP contribution in [-0.2, 0) is 0 Å². The number of rotatable bonds is 4. The van der Waals surface area contributed by atoms with E-state index in [2.05, 4.69) is 15.5 Å². The van der Waals surface area contributed by atoms with Gasteiger partial charge in [0.1, 0.15) is 11.6 Å². The Morgan fingerprint density at radius 2 is 2.00 bits per heavy atom. The minimum Gasteiger partial charge on any atom is -0.507 e. The predicted molar refractivity (Wildman–Crippen MR) is 86.8 cm³/mol. The lowest BCUT2D eigenvalue weighted by molar-refractivity contribution is 0.472. The minimum atomic E-state index is -0.431. The minimum absolute atomic E-state index is 0.0314. The van der Waals surface area contributed by atoms with E-state index in [-0.39, 0.29) is 5.75 Å². The molecule has 0 amide bonds. The van der Waals surface area contributed by atoms with Crippen molar-refractivity contribution in [3.05, 3.63) is 65.3 Å². The first kappa shape index (κ1) is 14.2. The summed E-state index contributed by atoms with van der Waals surface area (Å²) in [6, 6.07) is 13.5. The molecule has 4 nitrogen and oxygen atoms in total. The maximum atomic E-state index is 13.1. The highest BCUT2D eigenvalue weighted by atomic mass is 32.1. The number of benzene rings is 2. The Kier molecular flexibility index (Phi) is 4.11. The summed E-state index contributed by atoms with van der Waals surface area (Å²) in [6.07, 6.45) is 1.35. The van der Waals surface area contributed by atoms with Crippen LogP contribution in [0.4, 0.5) is 9.52 Å². The number of hydrogen-bond acceptors (Lipinski definition) is 5. The van der Waals surface area contributed by atoms with Gasteiger partial charge >= 0.3 is 0 Å². The molecule has 0 fully saturated rings. The van der Waals surface area contributed by atoms with Crippen molar-refractivity contribution in [3.63, 3.8) is 0 Å². The first-order valence-electron chi connectivity index (χ1n) is 6.51. The molecular formula is C16H12FN3OS. The highest BCUT2D eigenvalue weighted by Crippen LogP contribution is 2.24. The number of nitrogens with one attached hydrogen (secondary N) is 1. The van der Waals surface area contributed by atoms with Crippen molar-refractivity contribution in [2.24, 2.45) is 5.10 Å². The third kappa shape index (κ3) is 3.29. The number of hydrazone groups is 1. The molecule has 0 spiro atoms. The summed E-state index contributed by atoms with van der Waals surface area (Å²) in [5.41, 5.74) is 4.96. The normalized spacial score (nSPS) is 11.0. The Morgan fingerprint density at radius 3 is 2.82 bits per heavy atom. The van der Waals surface area contributed by atoms with Crippen LogP contribution >= 0.6 is 11.3 Å². The summed E-state index contributed by atoms with van der Waals surface area (Å²) in [5.74, 6) is -0.462. The van der Waals surface area contributed by atoms with Gasteiger partial charge < -0.3 is 5.11 Å². The van der Waals surface area contributed by atoms with Gasteiger partial charge in [-0.15, -0.1) is 11.3 Å². The molecule has 0 unspecified atom stereocenters. The largest absolute Gasteiger partial charge is 0.507 e. The molecule has 2 aromatic carbocycles. The second-order valence-electron chi connectivity index (χ2n) is 4.48. The van der Waals surface area contributed by atoms with E-state index in [9.17, 15) is 9.50 Å². The van der Waals surface area contributed by atoms with E-state index in [1.807, 2.05) is 35.7 Å². The Hall–Kier alpha value is -2.73. The van der Waals surface area contributed by atoms with Crippen LogP contribution in [0.25, 0.3) is 11.3 Å². The molecular weight excluding hydrogens is 301 g/mol. The summed E-state index contributed by atoms with van der Waals surface area (Å²) in [5, 5.41) is 16.1. The third-order valence-corrected chi connectivity index (χ3v) is 3.67. The number of aromatic hydroxyl groups is 1. The zero-order chi connectivity index (χ0) is 15.4. The van der Waals surface area contributed by atoms with Gasteiger partial charge in [0.25, 0.3) is 0 Å². The molecule has 0 aliphatic heterocycles. The topological polar surface area (TPSA) is 57.5 Å². The van der Waals surface area contributed by atoms with E-state index < -0.39 is 5.82 Å². The Bertz CT molecular complexity index is 802. The maximum absolute atomic E-state index is 13.1. The Labute approximate surface area is 130 Å². The van der Waals surface area contributed by atoms with Crippen molar-refractivity contribution in [2.75, 3.05) is 5.43 Å². The van der Waals surface area contributed by atoms with E-state index >= 15 is 0 Å². The third-order valence-electron chi connectivity index (χ3n) is 2.93. The number of thiazole rings is 1. The molecule has 22 heavy (non-hydrogen) atoms. The zero-order valence-corrected chi connectivity index (χ0v) is 12.2. The summed E-state index contributed by atoms with van der Waals surface area (Å²) >= 11 is 1.41. The molecule has 0 saturated carbocycles. The van der Waals surface area contributed by atoms with Crippen LogP contribution in [0, 0.1) is 5.82 Å². The van der Waals surface area contributed by atoms with Gasteiger partial charge in [-0.05, 0) is 18.2 Å². The molecule has 0 bridgehead atoms. The molecule has 2 N–H and O–H groups in total. The quantitative estimate of drug-likeness (QED) is 0.563. The second kappa shape index (κ2) is 6.36. The molecule has 0 aliphatic rings. The fourth-order valence-electron chi connectivity index (χ4n) is 1.85. The summed E-state index contributed by atoms with van der Waals surface area (Å²) in [6.45, 7) is 0. The molecule has 0 saturated heterocycles. The fourth-order valence-corrected chi connectivity index (χ4v) is 2.52. The Balaban J connectivity index is 1.71. The number of nitrogens with zero attached hydrogens (tertiary/aromatic N) is 2. The van der Waals surface area contributed by atoms with E-state index in [4.69, 9.17) is 0 Å². The Morgan fingerprint density at radius 1 is 1.18 bits per heavy atom. The highest BCUT2D eigenvalue weighted by Gasteiger charge is 2.03. The molecule has 3 aromatic rings. The smallest absolute Gasteiger partial charge is 0.203 e. The summed E-state index contributed by atoms with van der Waals surface area (Å²) in [7, 11) is 0. The average Bonchev–Trinajstić information content (AvgIpc) is 3.00. The van der Waals surface area contributed by atoms with Crippen molar-refractivity contribution in [1.82, 2.24) is 4.98 Å². The van der Waals surface area contributed by atoms with Crippen LogP contribution in [0.5, 0.6) is 5.75 Å². The lowest BCUT2D eigenvalue weighted by Crippen LogP contribution is -1.91. The van der Waals surface area contributed by atoms with Crippen molar-refractivity contribution >= 4 is 22.7 Å². The maximum Gasteiger partial charge on any atom is 0.203 e. The lowest BCUT2D eigenvalue weighted by atomic mass is 10.2. The molecule has 0 radical (unpaired) electrons. The van der Waals surface area contributed by atoms with E-state index in [1.165, 1.54) is 35.8 Å². The van der Waals surface area contributed by atoms with Crippen LogP contribution in [0.1, 0.15) is 5.56 Å². The van der Waals surface area contributed by atoms with Crippen LogP contribution in [0.2, 0.25) is 0 Å². The summed E-state index contributed by atoms with van der Waals surface area (Å²) in [4.78, 5) is 4.41. The van der Waals surface area contributed by atoms with Gasteiger partial charge in [0, 0.05) is 16.5 Å². The second-order valence-corrected chi connectivity index (χ2v) is 5.34. The summed E-state index contributed by atoms with van der Waals surface area (Å²) < 4.78 is 13.1. The van der Waals surface area contributed by atoms with Crippen LogP contribution in [0.15, 0.2) is 59.0 Å². The number of phenols is 1. The van der Waals surface area contributed by atoms with Crippen molar-refractivity contribution in [1.29, 1.82) is 0 Å². The van der Waals surface area contributed by atoms with Gasteiger partial charge in [-0.3, -0.25) is 5.43 Å². The molecule has 110 valence electrons. The molecule has 1 heterocycles. The van der Waals surface area contributed by atoms with Crippen LogP contribution < -0.4 is 5.43 Å². The van der Waals surface area contributed by atoms with Crippen molar-refractivity contribution in [2.45, 2.75) is 0 Å². The van der Waals surface area contributed by atoms with Gasteiger partial charge in [0.05, 0.1) is 11.9 Å². The van der Waals surface area contributed by atoms with Gasteiger partial charge in [-0.2, -0.15) is 5.10 Å². The zero-order valence-electron chi connectivity index (χ0n) is 11.4. The number of hydrogen-bond donors (Lipinski definition) is 2. The first-order valence-corrected chi connectivity index (χ1v) is 7.39. The van der Waals surface area contributed by atoms with Gasteiger partial charge in [-0.25, -0.2) is 9.37 Å². The monoisotopic (exact) mass is 313 g/mol. The standard InChI is InChI=1S/C16H12FN3OS/c17-13-6-7-15(21)12(8-13)9-18-20-16-19-14(10-22-16)11-4-2-1-3-5-11/h1-10,21H,(H,19,20). The van der Waals surface area contributed by atoms with Crippen molar-refractivity contribution in [3.8, 4) is 17.0 Å². The van der Waals surface area contributed by atoms with Crippen molar-refractivity contribution < 1.29 is 9.50 Å². The molecule has 6 heteroatoms. The molecule has 1 aromatic heterocycles. The number of aromatic nitrogens is 1. The fraction of sp³-hybridized carbons (Fsp3) is 0. The van der Waals surface area contributed by atoms with E-state index in [1.54, 1.807) is 0 Å². The van der Waals surface area contributed by atoms with Crippen LogP contribution in [-0.4, -0.2) is 16.3 Å².